The maximum atomic E-state index is 11.4. The molecule has 0 saturated carbocycles. The number of rotatable bonds is 6. The summed E-state index contributed by atoms with van der Waals surface area (Å²) in [4.78, 5) is 11.4. The van der Waals surface area contributed by atoms with Crippen molar-refractivity contribution in [2.75, 3.05) is 6.61 Å². The minimum Gasteiger partial charge on any atom is -0.466 e. The van der Waals surface area contributed by atoms with Gasteiger partial charge in [0.15, 0.2) is 0 Å². The van der Waals surface area contributed by atoms with Crippen LogP contribution < -0.4 is 5.32 Å². The molecule has 0 aliphatic rings. The fraction of sp³-hybridized carbons (Fsp3) is 0.533. The summed E-state index contributed by atoms with van der Waals surface area (Å²) in [6.07, 6.45) is 0.407. The molecule has 1 aromatic rings. The van der Waals surface area contributed by atoms with Crippen molar-refractivity contribution >= 4 is 5.97 Å². The molecule has 0 bridgehead atoms. The molecular formula is C15H23NO2. The third-order valence-electron chi connectivity index (χ3n) is 2.89. The van der Waals surface area contributed by atoms with Gasteiger partial charge in [0, 0.05) is 12.1 Å². The van der Waals surface area contributed by atoms with Crippen LogP contribution in [0.25, 0.3) is 0 Å². The number of nitrogens with one attached hydrogen (secondary N) is 1. The highest BCUT2D eigenvalue weighted by Crippen LogP contribution is 2.14. The summed E-state index contributed by atoms with van der Waals surface area (Å²) in [7, 11) is 0. The molecule has 1 N–H and O–H groups in total. The Bertz CT molecular complexity index is 373. The first-order valence-corrected chi connectivity index (χ1v) is 6.51. The highest BCUT2D eigenvalue weighted by atomic mass is 16.5. The van der Waals surface area contributed by atoms with Crippen LogP contribution in [0, 0.1) is 6.92 Å². The Balaban J connectivity index is 2.46. The van der Waals surface area contributed by atoms with Crippen LogP contribution in [0.1, 0.15) is 44.4 Å². The van der Waals surface area contributed by atoms with Gasteiger partial charge in [0.05, 0.1) is 13.0 Å². The number of aryl methyl sites for hydroxylation is 1. The van der Waals surface area contributed by atoms with E-state index in [9.17, 15) is 4.79 Å². The van der Waals surface area contributed by atoms with Crippen molar-refractivity contribution < 1.29 is 9.53 Å². The second-order valence-electron chi connectivity index (χ2n) is 4.71. The van der Waals surface area contributed by atoms with E-state index in [0.717, 1.165) is 0 Å². The van der Waals surface area contributed by atoms with E-state index in [1.165, 1.54) is 11.1 Å². The smallest absolute Gasteiger partial charge is 0.307 e. The predicted octanol–water partition coefficient (Wildman–Crippen LogP) is 2.99. The van der Waals surface area contributed by atoms with Crippen LogP contribution >= 0.6 is 0 Å². The normalized spacial score (nSPS) is 14.0. The van der Waals surface area contributed by atoms with E-state index in [4.69, 9.17) is 4.74 Å². The monoisotopic (exact) mass is 249 g/mol. The number of ether oxygens (including phenoxy) is 1. The number of hydrogen-bond acceptors (Lipinski definition) is 3. The molecule has 0 radical (unpaired) electrons. The fourth-order valence-corrected chi connectivity index (χ4v) is 1.91. The molecule has 2 atom stereocenters. The zero-order valence-electron chi connectivity index (χ0n) is 11.7. The van der Waals surface area contributed by atoms with Gasteiger partial charge < -0.3 is 10.1 Å². The zero-order valence-corrected chi connectivity index (χ0v) is 11.7. The Hall–Kier alpha value is -1.35. The van der Waals surface area contributed by atoms with Crippen molar-refractivity contribution in [1.82, 2.24) is 5.32 Å². The Kier molecular flexibility index (Phi) is 5.86. The lowest BCUT2D eigenvalue weighted by Gasteiger charge is -2.20. The molecule has 0 aromatic heterocycles. The molecule has 0 amide bonds. The quantitative estimate of drug-likeness (QED) is 0.788. The first-order valence-electron chi connectivity index (χ1n) is 6.51. The summed E-state index contributed by atoms with van der Waals surface area (Å²) in [5.41, 5.74) is 2.49. The van der Waals surface area contributed by atoms with Crippen molar-refractivity contribution in [3.8, 4) is 0 Å². The summed E-state index contributed by atoms with van der Waals surface area (Å²) < 4.78 is 4.94. The maximum absolute atomic E-state index is 11.4. The molecule has 0 spiro atoms. The molecule has 1 aromatic carbocycles. The van der Waals surface area contributed by atoms with Crippen LogP contribution in [0.4, 0.5) is 0 Å². The van der Waals surface area contributed by atoms with Gasteiger partial charge in [-0.1, -0.05) is 29.8 Å². The first kappa shape index (κ1) is 14.7. The van der Waals surface area contributed by atoms with Crippen molar-refractivity contribution in [3.05, 3.63) is 35.4 Å². The Morgan fingerprint density at radius 3 is 2.44 bits per heavy atom. The highest BCUT2D eigenvalue weighted by Gasteiger charge is 2.13. The van der Waals surface area contributed by atoms with Gasteiger partial charge in [-0.2, -0.15) is 0 Å². The number of benzene rings is 1. The van der Waals surface area contributed by atoms with Crippen LogP contribution in [-0.4, -0.2) is 18.6 Å². The van der Waals surface area contributed by atoms with Gasteiger partial charge in [-0.25, -0.2) is 0 Å². The summed E-state index contributed by atoms with van der Waals surface area (Å²) in [6, 6.07) is 8.77. The van der Waals surface area contributed by atoms with Crippen LogP contribution in [-0.2, 0) is 9.53 Å². The number of carbonyl (C=O) groups is 1. The third kappa shape index (κ3) is 4.88. The minimum absolute atomic E-state index is 0.111. The van der Waals surface area contributed by atoms with E-state index >= 15 is 0 Å². The van der Waals surface area contributed by atoms with Gasteiger partial charge in [0.25, 0.3) is 0 Å². The van der Waals surface area contributed by atoms with Gasteiger partial charge in [-0.3, -0.25) is 4.79 Å². The number of esters is 1. The molecule has 0 fully saturated rings. The SMILES string of the molecule is CCOC(=O)CC(C)NC(C)c1ccc(C)cc1. The molecular weight excluding hydrogens is 226 g/mol. The topological polar surface area (TPSA) is 38.3 Å². The van der Waals surface area contributed by atoms with Crippen molar-refractivity contribution in [2.45, 2.75) is 46.2 Å². The molecule has 18 heavy (non-hydrogen) atoms. The standard InChI is InChI=1S/C15H23NO2/c1-5-18-15(17)10-12(3)16-13(4)14-8-6-11(2)7-9-14/h6-9,12-13,16H,5,10H2,1-4H3. The van der Waals surface area contributed by atoms with Crippen molar-refractivity contribution in [2.24, 2.45) is 0 Å². The molecule has 2 unspecified atom stereocenters. The molecule has 100 valence electrons. The summed E-state index contributed by atoms with van der Waals surface area (Å²) >= 11 is 0. The Labute approximate surface area is 110 Å². The predicted molar refractivity (Wildman–Crippen MR) is 73.4 cm³/mol. The summed E-state index contributed by atoms with van der Waals surface area (Å²) in [5, 5.41) is 3.40. The van der Waals surface area contributed by atoms with Gasteiger partial charge in [0.2, 0.25) is 0 Å². The lowest BCUT2D eigenvalue weighted by atomic mass is 10.1. The number of carbonyl (C=O) groups excluding carboxylic acids is 1. The highest BCUT2D eigenvalue weighted by molar-refractivity contribution is 5.70. The van der Waals surface area contributed by atoms with Crippen LogP contribution in [0.15, 0.2) is 24.3 Å². The Morgan fingerprint density at radius 2 is 1.89 bits per heavy atom. The van der Waals surface area contributed by atoms with Gasteiger partial charge in [0.1, 0.15) is 0 Å². The van der Waals surface area contributed by atoms with Gasteiger partial charge in [-0.05, 0) is 33.3 Å². The maximum Gasteiger partial charge on any atom is 0.307 e. The van der Waals surface area contributed by atoms with Crippen molar-refractivity contribution in [1.29, 1.82) is 0 Å². The Morgan fingerprint density at radius 1 is 1.28 bits per heavy atom. The lowest BCUT2D eigenvalue weighted by Crippen LogP contribution is -2.31. The van der Waals surface area contributed by atoms with Crippen LogP contribution in [0.3, 0.4) is 0 Å². The summed E-state index contributed by atoms with van der Waals surface area (Å²) in [5.74, 6) is -0.145. The largest absolute Gasteiger partial charge is 0.466 e. The third-order valence-corrected chi connectivity index (χ3v) is 2.89. The van der Waals surface area contributed by atoms with Gasteiger partial charge >= 0.3 is 5.97 Å². The van der Waals surface area contributed by atoms with E-state index in [-0.39, 0.29) is 18.1 Å². The van der Waals surface area contributed by atoms with E-state index in [1.54, 1.807) is 0 Å². The molecule has 1 rings (SSSR count). The number of hydrogen-bond donors (Lipinski definition) is 1. The zero-order chi connectivity index (χ0) is 13.5. The minimum atomic E-state index is -0.145. The lowest BCUT2D eigenvalue weighted by molar-refractivity contribution is -0.143. The fourth-order valence-electron chi connectivity index (χ4n) is 1.91. The van der Waals surface area contributed by atoms with E-state index < -0.39 is 0 Å². The molecule has 3 heteroatoms. The van der Waals surface area contributed by atoms with E-state index in [1.807, 2.05) is 13.8 Å². The van der Waals surface area contributed by atoms with Crippen molar-refractivity contribution in [3.63, 3.8) is 0 Å². The molecule has 0 aliphatic heterocycles. The van der Waals surface area contributed by atoms with Crippen LogP contribution in [0.2, 0.25) is 0 Å². The average Bonchev–Trinajstić information content (AvgIpc) is 2.29. The molecule has 0 saturated heterocycles. The van der Waals surface area contributed by atoms with Gasteiger partial charge in [-0.15, -0.1) is 0 Å². The second-order valence-corrected chi connectivity index (χ2v) is 4.71. The van der Waals surface area contributed by atoms with E-state index in [0.29, 0.717) is 13.0 Å². The first-order chi connectivity index (χ1) is 8.52. The average molecular weight is 249 g/mol. The molecule has 3 nitrogen and oxygen atoms in total. The molecule has 0 aliphatic carbocycles. The summed E-state index contributed by atoms with van der Waals surface area (Å²) in [6.45, 7) is 8.45. The molecule has 0 heterocycles. The second kappa shape index (κ2) is 7.17. The van der Waals surface area contributed by atoms with Crippen LogP contribution in [0.5, 0.6) is 0 Å². The van der Waals surface area contributed by atoms with E-state index in [2.05, 4.69) is 43.4 Å².